The normalized spacial score (nSPS) is 9.90. The van der Waals surface area contributed by atoms with Crippen LogP contribution in [0, 0.1) is 5.82 Å². The predicted octanol–water partition coefficient (Wildman–Crippen LogP) is 2.61. The van der Waals surface area contributed by atoms with Gasteiger partial charge in [0.2, 0.25) is 0 Å². The Morgan fingerprint density at radius 3 is 2.80 bits per heavy atom. The van der Waals surface area contributed by atoms with E-state index in [0.29, 0.717) is 5.69 Å². The van der Waals surface area contributed by atoms with Crippen molar-refractivity contribution in [2.75, 3.05) is 0 Å². The third-order valence-corrected chi connectivity index (χ3v) is 1.59. The lowest BCUT2D eigenvalue weighted by atomic mass is 10.4. The first kappa shape index (κ1) is 7.76. The molecule has 0 aliphatic heterocycles. The minimum atomic E-state index is -0.445. The molecule has 0 saturated heterocycles. The van der Waals surface area contributed by atoms with Crippen molar-refractivity contribution in [2.24, 2.45) is 0 Å². The number of nitrogens with zero attached hydrogens (tertiary/aromatic N) is 1. The van der Waals surface area contributed by atoms with Gasteiger partial charge in [0.15, 0.2) is 0 Å². The van der Waals surface area contributed by atoms with Crippen molar-refractivity contribution in [3.63, 3.8) is 0 Å². The first-order valence-corrected chi connectivity index (χ1v) is 3.51. The second kappa shape index (κ2) is 3.17. The zero-order valence-corrected chi connectivity index (χ0v) is 6.45. The van der Waals surface area contributed by atoms with Crippen LogP contribution < -0.4 is 0 Å². The molecular weight excluding hydrogens is 176 g/mol. The number of alkyl halides is 1. The monoisotopic (exact) mass is 179 g/mol. The minimum Gasteiger partial charge on any atom is -0.255 e. The zero-order valence-electron chi connectivity index (χ0n) is 4.94. The van der Waals surface area contributed by atoms with Crippen LogP contribution in [0.2, 0.25) is 5.02 Å². The molecule has 0 bridgehead atoms. The number of halogens is 3. The summed E-state index contributed by atoms with van der Waals surface area (Å²) < 4.78 is 12.3. The van der Waals surface area contributed by atoms with Crippen LogP contribution in [0.5, 0.6) is 0 Å². The molecule has 0 N–H and O–H groups in total. The molecule has 0 amide bonds. The number of hydrogen-bond donors (Lipinski definition) is 0. The summed E-state index contributed by atoms with van der Waals surface area (Å²) in [5.41, 5.74) is 0.504. The van der Waals surface area contributed by atoms with Gasteiger partial charge >= 0.3 is 0 Å². The van der Waals surface area contributed by atoms with Crippen LogP contribution in [-0.2, 0) is 5.88 Å². The summed E-state index contributed by atoms with van der Waals surface area (Å²) in [6.07, 6.45) is 1.09. The molecule has 0 fully saturated rings. The van der Waals surface area contributed by atoms with E-state index in [1.807, 2.05) is 0 Å². The number of aromatic nitrogens is 1. The topological polar surface area (TPSA) is 12.9 Å². The van der Waals surface area contributed by atoms with E-state index in [0.717, 1.165) is 6.20 Å². The van der Waals surface area contributed by atoms with Crippen LogP contribution >= 0.6 is 23.2 Å². The first-order chi connectivity index (χ1) is 4.74. The summed E-state index contributed by atoms with van der Waals surface area (Å²) in [5, 5.41) is 0.273. The summed E-state index contributed by atoms with van der Waals surface area (Å²) >= 11 is 11.0. The molecular formula is C6H4Cl2FN. The largest absolute Gasteiger partial charge is 0.255 e. The summed E-state index contributed by atoms with van der Waals surface area (Å²) in [4.78, 5) is 3.66. The molecule has 1 heterocycles. The molecule has 4 heteroatoms. The summed E-state index contributed by atoms with van der Waals surface area (Å²) in [5.74, 6) is -0.238. The molecule has 1 aromatic rings. The first-order valence-electron chi connectivity index (χ1n) is 2.60. The fourth-order valence-corrected chi connectivity index (χ4v) is 1.04. The number of pyridine rings is 1. The van der Waals surface area contributed by atoms with E-state index < -0.39 is 5.82 Å². The van der Waals surface area contributed by atoms with Crippen molar-refractivity contribution in [1.82, 2.24) is 4.98 Å². The van der Waals surface area contributed by atoms with E-state index in [2.05, 4.69) is 4.98 Å². The molecule has 0 saturated carbocycles. The fraction of sp³-hybridized carbons (Fsp3) is 0.167. The maximum absolute atomic E-state index is 12.3. The van der Waals surface area contributed by atoms with Crippen LogP contribution in [0.25, 0.3) is 0 Å². The van der Waals surface area contributed by atoms with Crippen molar-refractivity contribution < 1.29 is 4.39 Å². The second-order valence-electron chi connectivity index (χ2n) is 1.72. The molecule has 0 aliphatic carbocycles. The van der Waals surface area contributed by atoms with Crippen molar-refractivity contribution in [2.45, 2.75) is 5.88 Å². The van der Waals surface area contributed by atoms with E-state index >= 15 is 0 Å². The van der Waals surface area contributed by atoms with Crippen LogP contribution in [0.1, 0.15) is 5.69 Å². The minimum absolute atomic E-state index is 0.207. The van der Waals surface area contributed by atoms with Gasteiger partial charge in [-0.05, 0) is 6.07 Å². The Labute approximate surface area is 67.8 Å². The van der Waals surface area contributed by atoms with E-state index in [1.54, 1.807) is 0 Å². The SMILES string of the molecule is Fc1cnc(CCl)c(Cl)c1. The molecule has 0 spiro atoms. The summed E-state index contributed by atoms with van der Waals surface area (Å²) in [6, 6.07) is 1.19. The highest BCUT2D eigenvalue weighted by molar-refractivity contribution is 6.32. The van der Waals surface area contributed by atoms with Gasteiger partial charge < -0.3 is 0 Å². The van der Waals surface area contributed by atoms with Crippen LogP contribution in [0.15, 0.2) is 12.3 Å². The Morgan fingerprint density at radius 1 is 1.60 bits per heavy atom. The number of rotatable bonds is 1. The van der Waals surface area contributed by atoms with Crippen molar-refractivity contribution in [3.8, 4) is 0 Å². The predicted molar refractivity (Wildman–Crippen MR) is 38.8 cm³/mol. The van der Waals surface area contributed by atoms with Crippen LogP contribution in [0.3, 0.4) is 0 Å². The molecule has 1 aromatic heterocycles. The van der Waals surface area contributed by atoms with Gasteiger partial charge in [0.05, 0.1) is 22.8 Å². The fourth-order valence-electron chi connectivity index (χ4n) is 0.541. The summed E-state index contributed by atoms with van der Waals surface area (Å²) in [6.45, 7) is 0. The van der Waals surface area contributed by atoms with Gasteiger partial charge in [-0.1, -0.05) is 11.6 Å². The third-order valence-electron chi connectivity index (χ3n) is 1.01. The quantitative estimate of drug-likeness (QED) is 0.605. The summed E-state index contributed by atoms with van der Waals surface area (Å²) in [7, 11) is 0. The molecule has 54 valence electrons. The molecule has 0 aromatic carbocycles. The Hall–Kier alpha value is -0.340. The highest BCUT2D eigenvalue weighted by atomic mass is 35.5. The van der Waals surface area contributed by atoms with Gasteiger partial charge in [-0.15, -0.1) is 11.6 Å². The average molecular weight is 180 g/mol. The van der Waals surface area contributed by atoms with Gasteiger partial charge in [0, 0.05) is 0 Å². The van der Waals surface area contributed by atoms with E-state index in [-0.39, 0.29) is 10.9 Å². The lowest BCUT2D eigenvalue weighted by molar-refractivity contribution is 0.620. The van der Waals surface area contributed by atoms with Crippen molar-refractivity contribution in [1.29, 1.82) is 0 Å². The lowest BCUT2D eigenvalue weighted by Crippen LogP contribution is -1.87. The maximum Gasteiger partial charge on any atom is 0.142 e. The molecule has 0 radical (unpaired) electrons. The second-order valence-corrected chi connectivity index (χ2v) is 2.39. The van der Waals surface area contributed by atoms with Crippen LogP contribution in [0.4, 0.5) is 4.39 Å². The van der Waals surface area contributed by atoms with Gasteiger partial charge in [0.25, 0.3) is 0 Å². The van der Waals surface area contributed by atoms with Crippen LogP contribution in [-0.4, -0.2) is 4.98 Å². The van der Waals surface area contributed by atoms with Crippen molar-refractivity contribution >= 4 is 23.2 Å². The Balaban J connectivity index is 3.07. The molecule has 1 nitrogen and oxygen atoms in total. The highest BCUT2D eigenvalue weighted by Gasteiger charge is 2.00. The highest BCUT2D eigenvalue weighted by Crippen LogP contribution is 2.15. The van der Waals surface area contributed by atoms with E-state index in [9.17, 15) is 4.39 Å². The lowest BCUT2D eigenvalue weighted by Gasteiger charge is -1.96. The third kappa shape index (κ3) is 1.58. The molecule has 0 unspecified atom stereocenters. The van der Waals surface area contributed by atoms with Crippen molar-refractivity contribution in [3.05, 3.63) is 28.8 Å². The standard InChI is InChI=1S/C6H4Cl2FN/c7-2-6-5(8)1-4(9)3-10-6/h1,3H,2H2. The van der Waals surface area contributed by atoms with Gasteiger partial charge in [-0.2, -0.15) is 0 Å². The average Bonchev–Trinajstić information content (AvgIpc) is 1.88. The zero-order chi connectivity index (χ0) is 7.56. The molecule has 0 atom stereocenters. The van der Waals surface area contributed by atoms with E-state index in [4.69, 9.17) is 23.2 Å². The Kier molecular flexibility index (Phi) is 2.46. The van der Waals surface area contributed by atoms with Gasteiger partial charge in [-0.3, -0.25) is 4.98 Å². The molecule has 0 aliphatic rings. The molecule has 1 rings (SSSR count). The maximum atomic E-state index is 12.3. The van der Waals surface area contributed by atoms with Gasteiger partial charge in [0.1, 0.15) is 5.82 Å². The van der Waals surface area contributed by atoms with Gasteiger partial charge in [-0.25, -0.2) is 4.39 Å². The molecule has 10 heavy (non-hydrogen) atoms. The number of hydrogen-bond acceptors (Lipinski definition) is 1. The van der Waals surface area contributed by atoms with E-state index in [1.165, 1.54) is 6.07 Å². The smallest absolute Gasteiger partial charge is 0.142 e. The Bertz CT molecular complexity index is 239. The Morgan fingerprint density at radius 2 is 2.30 bits per heavy atom.